The Hall–Kier alpha value is -2.37. The molecular weight excluding hydrogens is 196 g/mol. The van der Waals surface area contributed by atoms with Gasteiger partial charge in [-0.3, -0.25) is 10.1 Å². The van der Waals surface area contributed by atoms with Crippen LogP contribution in [0.5, 0.6) is 0 Å². The van der Waals surface area contributed by atoms with Gasteiger partial charge in [-0.2, -0.15) is 0 Å². The predicted octanol–water partition coefficient (Wildman–Crippen LogP) is 1.67. The van der Waals surface area contributed by atoms with E-state index in [-0.39, 0.29) is 5.82 Å². The Morgan fingerprint density at radius 2 is 2.07 bits per heavy atom. The molecule has 0 bridgehead atoms. The molecule has 1 N–H and O–H groups in total. The van der Waals surface area contributed by atoms with Crippen LogP contribution in [0.2, 0.25) is 0 Å². The van der Waals surface area contributed by atoms with E-state index in [1.165, 1.54) is 6.20 Å². The highest BCUT2D eigenvalue weighted by atomic mass is 16.6. The van der Waals surface area contributed by atoms with Crippen LogP contribution in [0.25, 0.3) is 0 Å². The molecule has 0 spiro atoms. The van der Waals surface area contributed by atoms with Crippen molar-refractivity contribution in [2.45, 2.75) is 0 Å². The average Bonchev–Trinajstić information content (AvgIpc) is 2.71. The number of aromatic nitrogens is 2. The Morgan fingerprint density at radius 1 is 1.33 bits per heavy atom. The SMILES string of the molecule is O=[N+]([O-])c1ncccc1Nn1cccc1. The molecule has 6 nitrogen and oxygen atoms in total. The summed E-state index contributed by atoms with van der Waals surface area (Å²) in [7, 11) is 0. The molecule has 0 amide bonds. The number of hydrogen-bond donors (Lipinski definition) is 1. The summed E-state index contributed by atoms with van der Waals surface area (Å²) >= 11 is 0. The zero-order valence-corrected chi connectivity index (χ0v) is 7.70. The molecule has 6 heteroatoms. The summed E-state index contributed by atoms with van der Waals surface area (Å²) < 4.78 is 1.62. The van der Waals surface area contributed by atoms with Crippen LogP contribution >= 0.6 is 0 Å². The molecule has 2 rings (SSSR count). The van der Waals surface area contributed by atoms with Gasteiger partial charge in [0.2, 0.25) is 0 Å². The summed E-state index contributed by atoms with van der Waals surface area (Å²) in [6.07, 6.45) is 4.88. The molecule has 0 saturated heterocycles. The Balaban J connectivity index is 2.32. The Morgan fingerprint density at radius 3 is 2.73 bits per heavy atom. The van der Waals surface area contributed by atoms with Crippen molar-refractivity contribution in [2.75, 3.05) is 5.43 Å². The number of nitrogens with zero attached hydrogens (tertiary/aromatic N) is 3. The number of nitro groups is 1. The molecule has 0 aliphatic heterocycles. The maximum Gasteiger partial charge on any atom is 0.388 e. The van der Waals surface area contributed by atoms with Crippen molar-refractivity contribution < 1.29 is 4.92 Å². The van der Waals surface area contributed by atoms with E-state index >= 15 is 0 Å². The molecule has 0 radical (unpaired) electrons. The molecule has 2 aromatic rings. The number of hydrogen-bond acceptors (Lipinski definition) is 4. The minimum Gasteiger partial charge on any atom is -0.358 e. The van der Waals surface area contributed by atoms with E-state index in [4.69, 9.17) is 0 Å². The van der Waals surface area contributed by atoms with E-state index in [0.29, 0.717) is 5.69 Å². The van der Waals surface area contributed by atoms with Gasteiger partial charge in [0.1, 0.15) is 6.20 Å². The number of rotatable bonds is 3. The molecule has 76 valence electrons. The molecule has 0 aromatic carbocycles. The van der Waals surface area contributed by atoms with Crippen molar-refractivity contribution in [3.8, 4) is 0 Å². The van der Waals surface area contributed by atoms with Crippen LogP contribution in [0.1, 0.15) is 0 Å². The molecule has 0 unspecified atom stereocenters. The van der Waals surface area contributed by atoms with Crippen LogP contribution in [0.15, 0.2) is 42.9 Å². The summed E-state index contributed by atoms with van der Waals surface area (Å²) in [5.74, 6) is -0.189. The topological polar surface area (TPSA) is 73.0 Å². The summed E-state index contributed by atoms with van der Waals surface area (Å²) in [5.41, 5.74) is 3.21. The lowest BCUT2D eigenvalue weighted by molar-refractivity contribution is -0.388. The lowest BCUT2D eigenvalue weighted by Gasteiger charge is -2.06. The number of nitrogens with one attached hydrogen (secondary N) is 1. The third kappa shape index (κ3) is 1.93. The van der Waals surface area contributed by atoms with E-state index in [2.05, 4.69) is 10.4 Å². The van der Waals surface area contributed by atoms with Gasteiger partial charge in [-0.25, -0.2) is 0 Å². The van der Waals surface area contributed by atoms with E-state index in [9.17, 15) is 10.1 Å². The third-order valence-corrected chi connectivity index (χ3v) is 1.81. The second kappa shape index (κ2) is 3.79. The molecule has 0 aliphatic rings. The Bertz CT molecular complexity index is 467. The van der Waals surface area contributed by atoms with Gasteiger partial charge in [-0.15, -0.1) is 0 Å². The van der Waals surface area contributed by atoms with E-state index in [1.807, 2.05) is 12.1 Å². The fourth-order valence-corrected chi connectivity index (χ4v) is 1.18. The first-order valence-electron chi connectivity index (χ1n) is 4.27. The molecule has 0 atom stereocenters. The van der Waals surface area contributed by atoms with Crippen LogP contribution in [0, 0.1) is 10.1 Å². The summed E-state index contributed by atoms with van der Waals surface area (Å²) in [5, 5.41) is 10.6. The van der Waals surface area contributed by atoms with Crippen molar-refractivity contribution in [1.29, 1.82) is 0 Å². The van der Waals surface area contributed by atoms with Gasteiger partial charge in [0.05, 0.1) is 0 Å². The summed E-state index contributed by atoms with van der Waals surface area (Å²) in [6, 6.07) is 6.87. The maximum atomic E-state index is 10.6. The van der Waals surface area contributed by atoms with Gasteiger partial charge in [0.25, 0.3) is 0 Å². The van der Waals surface area contributed by atoms with Crippen LogP contribution in [0.3, 0.4) is 0 Å². The van der Waals surface area contributed by atoms with Crippen molar-refractivity contribution in [1.82, 2.24) is 9.66 Å². The van der Waals surface area contributed by atoms with Gasteiger partial charge >= 0.3 is 5.82 Å². The molecular formula is C9H8N4O2. The van der Waals surface area contributed by atoms with Gasteiger partial charge in [0, 0.05) is 12.4 Å². The van der Waals surface area contributed by atoms with Gasteiger partial charge in [0.15, 0.2) is 5.69 Å². The normalized spacial score (nSPS) is 9.87. The van der Waals surface area contributed by atoms with Crippen LogP contribution in [0.4, 0.5) is 11.5 Å². The second-order valence-corrected chi connectivity index (χ2v) is 2.83. The van der Waals surface area contributed by atoms with Crippen LogP contribution in [-0.4, -0.2) is 14.6 Å². The lowest BCUT2D eigenvalue weighted by atomic mass is 10.4. The van der Waals surface area contributed by atoms with Crippen LogP contribution in [-0.2, 0) is 0 Å². The highest BCUT2D eigenvalue weighted by Crippen LogP contribution is 2.19. The second-order valence-electron chi connectivity index (χ2n) is 2.83. The first kappa shape index (κ1) is 9.20. The molecule has 0 aliphatic carbocycles. The van der Waals surface area contributed by atoms with Crippen molar-refractivity contribution in [3.63, 3.8) is 0 Å². The van der Waals surface area contributed by atoms with Gasteiger partial charge in [-0.05, 0) is 34.2 Å². The van der Waals surface area contributed by atoms with Crippen molar-refractivity contribution in [2.24, 2.45) is 0 Å². The van der Waals surface area contributed by atoms with E-state index < -0.39 is 4.92 Å². The Kier molecular flexibility index (Phi) is 2.32. The minimum absolute atomic E-state index is 0.189. The highest BCUT2D eigenvalue weighted by molar-refractivity contribution is 5.56. The smallest absolute Gasteiger partial charge is 0.358 e. The minimum atomic E-state index is -0.522. The largest absolute Gasteiger partial charge is 0.388 e. The molecule has 2 heterocycles. The molecule has 2 aromatic heterocycles. The average molecular weight is 204 g/mol. The predicted molar refractivity (Wildman–Crippen MR) is 54.3 cm³/mol. The zero-order chi connectivity index (χ0) is 10.7. The molecule has 0 fully saturated rings. The first-order valence-corrected chi connectivity index (χ1v) is 4.27. The fourth-order valence-electron chi connectivity index (χ4n) is 1.18. The van der Waals surface area contributed by atoms with Gasteiger partial charge in [-0.1, -0.05) is 0 Å². The monoisotopic (exact) mass is 204 g/mol. The van der Waals surface area contributed by atoms with E-state index in [0.717, 1.165) is 0 Å². The third-order valence-electron chi connectivity index (χ3n) is 1.81. The van der Waals surface area contributed by atoms with Crippen molar-refractivity contribution >= 4 is 11.5 Å². The first-order chi connectivity index (χ1) is 7.27. The summed E-state index contributed by atoms with van der Waals surface area (Å²) in [6.45, 7) is 0. The van der Waals surface area contributed by atoms with E-state index in [1.54, 1.807) is 29.2 Å². The Labute approximate surface area is 85.3 Å². The quantitative estimate of drug-likeness (QED) is 0.609. The standard InChI is InChI=1S/C9H8N4O2/c14-13(15)9-8(4-3-5-10-9)11-12-6-1-2-7-12/h1-7,11H. The molecule has 15 heavy (non-hydrogen) atoms. The number of pyridine rings is 1. The van der Waals surface area contributed by atoms with Crippen LogP contribution < -0.4 is 5.43 Å². The maximum absolute atomic E-state index is 10.6. The van der Waals surface area contributed by atoms with Crippen molar-refractivity contribution in [3.05, 3.63) is 53.0 Å². The zero-order valence-electron chi connectivity index (χ0n) is 7.70. The fraction of sp³-hybridized carbons (Fsp3) is 0. The highest BCUT2D eigenvalue weighted by Gasteiger charge is 2.13. The molecule has 0 saturated carbocycles. The lowest BCUT2D eigenvalue weighted by Crippen LogP contribution is -2.08. The summed E-state index contributed by atoms with van der Waals surface area (Å²) in [4.78, 5) is 13.8. The number of anilines is 1. The van der Waals surface area contributed by atoms with Gasteiger partial charge < -0.3 is 10.1 Å².